The zero-order chi connectivity index (χ0) is 14.4. The molecule has 0 bridgehead atoms. The van der Waals surface area contributed by atoms with Gasteiger partial charge in [-0.2, -0.15) is 0 Å². The first-order valence-electron chi connectivity index (χ1n) is 6.62. The zero-order valence-corrected chi connectivity index (χ0v) is 11.7. The summed E-state index contributed by atoms with van der Waals surface area (Å²) in [6.07, 6.45) is -0.299. The smallest absolute Gasteiger partial charge is 0.158 e. The van der Waals surface area contributed by atoms with Gasteiger partial charge in [0.1, 0.15) is 0 Å². The van der Waals surface area contributed by atoms with E-state index in [1.165, 1.54) is 0 Å². The average molecular weight is 277 g/mol. The maximum Gasteiger partial charge on any atom is 0.158 e. The predicted octanol–water partition coefficient (Wildman–Crippen LogP) is 3.03. The van der Waals surface area contributed by atoms with Gasteiger partial charge in [-0.15, -0.1) is 0 Å². The first-order chi connectivity index (χ1) is 9.74. The molecule has 0 spiro atoms. The highest BCUT2D eigenvalue weighted by atomic mass is 16.7. The molecule has 1 aromatic rings. The predicted molar refractivity (Wildman–Crippen MR) is 73.9 cm³/mol. The summed E-state index contributed by atoms with van der Waals surface area (Å²) >= 11 is 0. The van der Waals surface area contributed by atoms with Crippen LogP contribution in [0.25, 0.3) is 10.4 Å². The summed E-state index contributed by atoms with van der Waals surface area (Å²) in [5.74, 6) is 0. The Balaban J connectivity index is 2.01. The van der Waals surface area contributed by atoms with E-state index in [9.17, 15) is 0 Å². The summed E-state index contributed by atoms with van der Waals surface area (Å²) in [7, 11) is 1.58. The fourth-order valence-corrected chi connectivity index (χ4v) is 2.36. The number of hydrogen-bond acceptors (Lipinski definition) is 4. The third kappa shape index (κ3) is 3.71. The van der Waals surface area contributed by atoms with E-state index in [1.807, 2.05) is 37.3 Å². The fourth-order valence-electron chi connectivity index (χ4n) is 2.36. The van der Waals surface area contributed by atoms with E-state index < -0.39 is 0 Å². The van der Waals surface area contributed by atoms with Crippen molar-refractivity contribution in [2.45, 2.75) is 44.5 Å². The van der Waals surface area contributed by atoms with Gasteiger partial charge >= 0.3 is 0 Å². The summed E-state index contributed by atoms with van der Waals surface area (Å²) in [6, 6.07) is 9.60. The van der Waals surface area contributed by atoms with Gasteiger partial charge in [0.25, 0.3) is 0 Å². The molecule has 1 heterocycles. The minimum absolute atomic E-state index is 0.187. The van der Waals surface area contributed by atoms with Crippen LogP contribution in [0.5, 0.6) is 0 Å². The molecule has 1 aliphatic rings. The van der Waals surface area contributed by atoms with Gasteiger partial charge in [0.15, 0.2) is 6.29 Å². The Morgan fingerprint density at radius 1 is 1.40 bits per heavy atom. The van der Waals surface area contributed by atoms with Gasteiger partial charge < -0.3 is 14.2 Å². The Labute approximate surface area is 118 Å². The lowest BCUT2D eigenvalue weighted by atomic mass is 10.00. The van der Waals surface area contributed by atoms with Crippen LogP contribution in [0.1, 0.15) is 18.9 Å². The van der Waals surface area contributed by atoms with Crippen molar-refractivity contribution in [1.29, 1.82) is 0 Å². The molecular weight excluding hydrogens is 258 g/mol. The topological polar surface area (TPSA) is 76.5 Å². The summed E-state index contributed by atoms with van der Waals surface area (Å²) in [4.78, 5) is 2.90. The molecule has 0 N–H and O–H groups in total. The highest BCUT2D eigenvalue weighted by Crippen LogP contribution is 2.26. The summed E-state index contributed by atoms with van der Waals surface area (Å²) < 4.78 is 16.8. The Bertz CT molecular complexity index is 462. The fraction of sp³-hybridized carbons (Fsp3) is 0.571. The second-order valence-electron chi connectivity index (χ2n) is 4.78. The van der Waals surface area contributed by atoms with Gasteiger partial charge in [-0.05, 0) is 18.0 Å². The molecule has 2 rings (SSSR count). The molecule has 1 unspecified atom stereocenters. The molecule has 0 saturated carbocycles. The molecule has 1 fully saturated rings. The Morgan fingerprint density at radius 3 is 2.80 bits per heavy atom. The molecule has 0 aliphatic carbocycles. The van der Waals surface area contributed by atoms with E-state index in [4.69, 9.17) is 19.7 Å². The van der Waals surface area contributed by atoms with Gasteiger partial charge in [-0.3, -0.25) is 0 Å². The number of ether oxygens (including phenoxy) is 3. The van der Waals surface area contributed by atoms with Crippen molar-refractivity contribution in [3.8, 4) is 0 Å². The Morgan fingerprint density at radius 2 is 2.15 bits per heavy atom. The van der Waals surface area contributed by atoms with Crippen molar-refractivity contribution in [3.63, 3.8) is 0 Å². The SMILES string of the molecule is CO[C@@H]1C[C@@H](N=[N+]=[N-])[C@H](OCc2ccccc2)C(C)O1. The van der Waals surface area contributed by atoms with Gasteiger partial charge in [0.05, 0.1) is 24.9 Å². The van der Waals surface area contributed by atoms with E-state index in [0.29, 0.717) is 13.0 Å². The van der Waals surface area contributed by atoms with Crippen LogP contribution in [0.2, 0.25) is 0 Å². The highest BCUT2D eigenvalue weighted by molar-refractivity contribution is 5.13. The summed E-state index contributed by atoms with van der Waals surface area (Å²) in [6.45, 7) is 2.37. The van der Waals surface area contributed by atoms with E-state index >= 15 is 0 Å². The van der Waals surface area contributed by atoms with E-state index in [2.05, 4.69) is 10.0 Å². The first-order valence-corrected chi connectivity index (χ1v) is 6.62. The number of methoxy groups -OCH3 is 1. The minimum atomic E-state index is -0.350. The number of rotatable bonds is 5. The van der Waals surface area contributed by atoms with E-state index in [-0.39, 0.29) is 24.5 Å². The lowest BCUT2D eigenvalue weighted by molar-refractivity contribution is -0.222. The maximum absolute atomic E-state index is 8.69. The van der Waals surface area contributed by atoms with Gasteiger partial charge in [0.2, 0.25) is 0 Å². The third-order valence-corrected chi connectivity index (χ3v) is 3.39. The van der Waals surface area contributed by atoms with Crippen molar-refractivity contribution < 1.29 is 14.2 Å². The average Bonchev–Trinajstić information content (AvgIpc) is 2.47. The molecule has 4 atom stereocenters. The van der Waals surface area contributed by atoms with Crippen molar-refractivity contribution in [3.05, 3.63) is 46.3 Å². The molecule has 0 amide bonds. The normalized spacial score (nSPS) is 29.7. The molecule has 0 radical (unpaired) electrons. The van der Waals surface area contributed by atoms with Gasteiger partial charge in [-0.25, -0.2) is 0 Å². The van der Waals surface area contributed by atoms with Crippen LogP contribution >= 0.6 is 0 Å². The van der Waals surface area contributed by atoms with Crippen LogP contribution < -0.4 is 0 Å². The second kappa shape index (κ2) is 7.26. The van der Waals surface area contributed by atoms with Gasteiger partial charge in [-0.1, -0.05) is 35.4 Å². The summed E-state index contributed by atoms with van der Waals surface area (Å²) in [5.41, 5.74) is 9.76. The molecule has 108 valence electrons. The largest absolute Gasteiger partial charge is 0.370 e. The molecule has 1 aromatic carbocycles. The van der Waals surface area contributed by atoms with Crippen molar-refractivity contribution >= 4 is 0 Å². The maximum atomic E-state index is 8.69. The molecule has 1 aliphatic heterocycles. The Hall–Kier alpha value is -1.59. The quantitative estimate of drug-likeness (QED) is 0.471. The summed E-state index contributed by atoms with van der Waals surface area (Å²) in [5, 5.41) is 3.82. The highest BCUT2D eigenvalue weighted by Gasteiger charge is 2.36. The monoisotopic (exact) mass is 277 g/mol. The van der Waals surface area contributed by atoms with Crippen LogP contribution in [0.15, 0.2) is 35.4 Å². The van der Waals surface area contributed by atoms with E-state index in [1.54, 1.807) is 7.11 Å². The van der Waals surface area contributed by atoms with Crippen LogP contribution in [-0.2, 0) is 20.8 Å². The lowest BCUT2D eigenvalue weighted by Crippen LogP contribution is -2.47. The second-order valence-corrected chi connectivity index (χ2v) is 4.78. The molecule has 1 saturated heterocycles. The Kier molecular flexibility index (Phi) is 5.38. The lowest BCUT2D eigenvalue weighted by Gasteiger charge is -2.37. The number of nitrogens with zero attached hydrogens (tertiary/aromatic N) is 3. The van der Waals surface area contributed by atoms with E-state index in [0.717, 1.165) is 5.56 Å². The van der Waals surface area contributed by atoms with Crippen LogP contribution in [0.4, 0.5) is 0 Å². The van der Waals surface area contributed by atoms with Crippen molar-refractivity contribution in [2.75, 3.05) is 7.11 Å². The molecule has 20 heavy (non-hydrogen) atoms. The number of benzene rings is 1. The van der Waals surface area contributed by atoms with Crippen molar-refractivity contribution in [2.24, 2.45) is 5.11 Å². The van der Waals surface area contributed by atoms with Crippen LogP contribution in [0, 0.1) is 0 Å². The zero-order valence-electron chi connectivity index (χ0n) is 11.7. The van der Waals surface area contributed by atoms with Crippen molar-refractivity contribution in [1.82, 2.24) is 0 Å². The van der Waals surface area contributed by atoms with Crippen LogP contribution in [0.3, 0.4) is 0 Å². The molecule has 0 aromatic heterocycles. The molecular formula is C14H19N3O3. The van der Waals surface area contributed by atoms with Crippen LogP contribution in [-0.4, -0.2) is 31.6 Å². The first kappa shape index (κ1) is 14.8. The number of azide groups is 1. The third-order valence-electron chi connectivity index (χ3n) is 3.39. The number of hydrogen-bond donors (Lipinski definition) is 0. The standard InChI is InChI=1S/C14H19N3O3/c1-10-14(19-9-11-6-4-3-5-7-11)12(16-17-15)8-13(18-2)20-10/h3-7,10,12-14H,8-9H2,1-2H3/t10?,12-,13+,14-/m1/s1. The minimum Gasteiger partial charge on any atom is -0.370 e. The molecule has 6 nitrogen and oxygen atoms in total. The van der Waals surface area contributed by atoms with Gasteiger partial charge in [0, 0.05) is 18.4 Å². The molecule has 6 heteroatoms.